The summed E-state index contributed by atoms with van der Waals surface area (Å²) in [4.78, 5) is 45.6. The van der Waals surface area contributed by atoms with Crippen LogP contribution in [-0.4, -0.2) is 71.1 Å². The Labute approximate surface area is 344 Å². The lowest BCUT2D eigenvalue weighted by atomic mass is 10.1. The number of rotatable bonds is 38. The number of unbranched alkanes of at least 4 members (excludes halogenated alkanes) is 19. The predicted molar refractivity (Wildman–Crippen MR) is 224 cm³/mol. The minimum absolute atomic E-state index is 0.0265. The lowest BCUT2D eigenvalue weighted by Gasteiger charge is -2.19. The summed E-state index contributed by atoms with van der Waals surface area (Å²) in [5, 5.41) is 21.9. The van der Waals surface area contributed by atoms with Crippen molar-refractivity contribution in [1.29, 1.82) is 0 Å². The van der Waals surface area contributed by atoms with Crippen LogP contribution in [0.25, 0.3) is 11.0 Å². The second-order valence-electron chi connectivity index (χ2n) is 14.7. The zero-order valence-electron chi connectivity index (χ0n) is 34.8. The fraction of sp³-hybridized carbons (Fsp3) is 0.756. The van der Waals surface area contributed by atoms with Gasteiger partial charge in [-0.3, -0.25) is 28.8 Å². The Morgan fingerprint density at radius 2 is 1.36 bits per heavy atom. The fourth-order valence-electron chi connectivity index (χ4n) is 6.34. The van der Waals surface area contributed by atoms with Crippen molar-refractivity contribution in [2.24, 2.45) is 5.73 Å². The monoisotopic (exact) mass is 839 g/mol. The second kappa shape index (κ2) is 32.4. The van der Waals surface area contributed by atoms with Gasteiger partial charge < -0.3 is 25.4 Å². The Morgan fingerprint density at radius 3 is 1.97 bits per heavy atom. The summed E-state index contributed by atoms with van der Waals surface area (Å²) >= 11 is 0. The summed E-state index contributed by atoms with van der Waals surface area (Å²) in [6.07, 6.45) is 27.7. The van der Waals surface area contributed by atoms with E-state index in [-0.39, 0.29) is 43.8 Å². The van der Waals surface area contributed by atoms with E-state index in [1.54, 1.807) is 6.07 Å². The number of hydrogen-bond acceptors (Lipinski definition) is 14. The molecule has 0 radical (unpaired) electrons. The van der Waals surface area contributed by atoms with Crippen LogP contribution in [0.5, 0.6) is 0 Å². The number of hydrogen-bond donors (Lipinski definition) is 3. The van der Waals surface area contributed by atoms with Gasteiger partial charge in [0.1, 0.15) is 6.61 Å². The number of allylic oxidation sites excluding steroid dienone is 2. The highest BCUT2D eigenvalue weighted by molar-refractivity contribution is 7.47. The zero-order valence-corrected chi connectivity index (χ0v) is 35.7. The third kappa shape index (κ3) is 24.5. The Hall–Kier alpha value is -3.43. The summed E-state index contributed by atoms with van der Waals surface area (Å²) in [6, 6.07) is 3.01. The molecule has 0 saturated carbocycles. The number of ether oxygens (including phenoxy) is 2. The van der Waals surface area contributed by atoms with E-state index in [0.717, 1.165) is 89.9 Å². The maximum absolute atomic E-state index is 12.6. The van der Waals surface area contributed by atoms with E-state index in [9.17, 15) is 29.2 Å². The van der Waals surface area contributed by atoms with Crippen molar-refractivity contribution in [1.82, 2.24) is 10.3 Å². The zero-order chi connectivity index (χ0) is 42.1. The summed E-state index contributed by atoms with van der Waals surface area (Å²) in [7, 11) is -4.42. The average molecular weight is 840 g/mol. The van der Waals surface area contributed by atoms with Crippen LogP contribution in [0, 0.1) is 10.1 Å². The van der Waals surface area contributed by atoms with Crippen LogP contribution in [-0.2, 0) is 32.7 Å². The molecule has 0 fully saturated rings. The number of nitrogens with one attached hydrogen (secondary N) is 1. The first-order chi connectivity index (χ1) is 28.2. The average Bonchev–Trinajstić information content (AvgIpc) is 3.70. The molecule has 330 valence electrons. The van der Waals surface area contributed by atoms with E-state index in [1.165, 1.54) is 44.6 Å². The van der Waals surface area contributed by atoms with Gasteiger partial charge in [-0.05, 0) is 61.3 Å². The number of non-ortho nitro benzene ring substituents is 1. The van der Waals surface area contributed by atoms with Crippen LogP contribution in [0.1, 0.15) is 161 Å². The smallest absolute Gasteiger partial charge is 0.462 e. The number of carbonyl (C=O) groups is 2. The predicted octanol–water partition coefficient (Wildman–Crippen LogP) is 10.0. The molecule has 0 bridgehead atoms. The molecular weight excluding hydrogens is 769 g/mol. The molecule has 1 aromatic carbocycles. The first-order valence-corrected chi connectivity index (χ1v) is 23.1. The van der Waals surface area contributed by atoms with E-state index < -0.39 is 37.4 Å². The first kappa shape index (κ1) is 50.7. The number of nitro groups is 1. The van der Waals surface area contributed by atoms with Gasteiger partial charge >= 0.3 is 25.4 Å². The van der Waals surface area contributed by atoms with Gasteiger partial charge in [-0.25, -0.2) is 9.19 Å². The number of esters is 2. The largest absolute Gasteiger partial charge is 0.472 e. The summed E-state index contributed by atoms with van der Waals surface area (Å²) in [6.45, 7) is 2.02. The molecular formula is C41H70N5O11P. The number of nitrogens with zero attached hydrogens (tertiary/aromatic N) is 3. The minimum Gasteiger partial charge on any atom is -0.462 e. The molecule has 0 aliphatic heterocycles. The van der Waals surface area contributed by atoms with Crippen LogP contribution < -0.4 is 11.1 Å². The van der Waals surface area contributed by atoms with Gasteiger partial charge in [-0.15, -0.1) is 0 Å². The van der Waals surface area contributed by atoms with Gasteiger partial charge in [0.2, 0.25) is 5.52 Å². The molecule has 4 N–H and O–H groups in total. The van der Waals surface area contributed by atoms with E-state index in [1.807, 2.05) is 0 Å². The van der Waals surface area contributed by atoms with Crippen molar-refractivity contribution >= 4 is 42.2 Å². The maximum Gasteiger partial charge on any atom is 0.472 e. The lowest BCUT2D eigenvalue weighted by molar-refractivity contribution is -0.383. The Bertz CT molecular complexity index is 1490. The highest BCUT2D eigenvalue weighted by Crippen LogP contribution is 2.43. The van der Waals surface area contributed by atoms with Crippen molar-refractivity contribution in [3.05, 3.63) is 34.4 Å². The molecule has 2 rings (SSSR count). The van der Waals surface area contributed by atoms with E-state index in [0.29, 0.717) is 30.6 Å². The number of carbonyl (C=O) groups excluding carboxylic acids is 2. The van der Waals surface area contributed by atoms with Gasteiger partial charge in [0, 0.05) is 32.0 Å². The third-order valence-electron chi connectivity index (χ3n) is 9.63. The quantitative estimate of drug-likeness (QED) is 0.0143. The molecule has 2 aromatic rings. The molecule has 1 unspecified atom stereocenters. The fourth-order valence-corrected chi connectivity index (χ4v) is 7.11. The van der Waals surface area contributed by atoms with Crippen LogP contribution in [0.2, 0.25) is 0 Å². The van der Waals surface area contributed by atoms with E-state index in [2.05, 4.69) is 34.7 Å². The van der Waals surface area contributed by atoms with Crippen molar-refractivity contribution < 1.29 is 47.1 Å². The van der Waals surface area contributed by atoms with E-state index >= 15 is 0 Å². The van der Waals surface area contributed by atoms with Gasteiger partial charge in [-0.1, -0.05) is 115 Å². The molecule has 0 amide bonds. The molecule has 0 aliphatic rings. The van der Waals surface area contributed by atoms with Gasteiger partial charge in [0.25, 0.3) is 0 Å². The van der Waals surface area contributed by atoms with Gasteiger partial charge in [-0.2, -0.15) is 0 Å². The standard InChI is InChI=1S/C41H70N5O11P/c1-2-3-4-5-6-7-8-9-10-11-12-14-17-20-23-26-38(47)53-33-35(34-55-58(51,52)54-32-30-42)56-39(48)27-24-21-18-15-13-16-19-22-25-31-43-36-28-29-37(46(49)50)41-40(36)44-57-45-41/h9-10,28-29,35,43H,2-8,11-27,30-34,42H2,1H3,(H,51,52)/b10-9+/t35-/m1/s1. The van der Waals surface area contributed by atoms with E-state index in [4.69, 9.17) is 28.9 Å². The normalized spacial score (nSPS) is 13.2. The Morgan fingerprint density at radius 1 is 0.810 bits per heavy atom. The number of benzene rings is 1. The molecule has 2 atom stereocenters. The van der Waals surface area contributed by atoms with Crippen molar-refractivity contribution in [3.8, 4) is 0 Å². The molecule has 0 saturated heterocycles. The van der Waals surface area contributed by atoms with Gasteiger partial charge in [0.15, 0.2) is 11.6 Å². The van der Waals surface area contributed by atoms with Crippen molar-refractivity contribution in [3.63, 3.8) is 0 Å². The molecule has 1 aromatic heterocycles. The minimum atomic E-state index is -4.42. The number of nitrogens with two attached hydrogens (primary N) is 1. The molecule has 0 spiro atoms. The summed E-state index contributed by atoms with van der Waals surface area (Å²) in [5.41, 5.74) is 6.33. The van der Waals surface area contributed by atoms with Crippen molar-refractivity contribution in [2.45, 2.75) is 167 Å². The highest BCUT2D eigenvalue weighted by Gasteiger charge is 2.26. The molecule has 58 heavy (non-hydrogen) atoms. The second-order valence-corrected chi connectivity index (χ2v) is 16.2. The van der Waals surface area contributed by atoms with Crippen LogP contribution in [0.4, 0.5) is 11.4 Å². The number of phosphoric ester groups is 1. The molecule has 0 aliphatic carbocycles. The number of aromatic nitrogens is 2. The van der Waals surface area contributed by atoms with Crippen LogP contribution >= 0.6 is 7.82 Å². The number of anilines is 1. The number of phosphoric acid groups is 1. The summed E-state index contributed by atoms with van der Waals surface area (Å²) in [5.74, 6) is -0.920. The highest BCUT2D eigenvalue weighted by atomic mass is 31.2. The Balaban J connectivity index is 1.54. The topological polar surface area (TPSA) is 228 Å². The van der Waals surface area contributed by atoms with Gasteiger partial charge in [0.05, 0.1) is 23.8 Å². The Kier molecular flexibility index (Phi) is 28.4. The number of nitro benzene ring substituents is 1. The summed E-state index contributed by atoms with van der Waals surface area (Å²) < 4.78 is 37.4. The number of fused-ring (bicyclic) bond motifs is 1. The SMILES string of the molecule is CCCCCCCC/C=C/CCCCCCCC(=O)OC[C@H](COP(=O)(O)OCCN)OC(=O)CCCCCCCCCCCNc1ccc([N+](=O)[O-])c2nonc12. The molecule has 17 heteroatoms. The van der Waals surface area contributed by atoms with Crippen molar-refractivity contribution in [2.75, 3.05) is 38.2 Å². The lowest BCUT2D eigenvalue weighted by Crippen LogP contribution is -2.29. The molecule has 16 nitrogen and oxygen atoms in total. The third-order valence-corrected chi connectivity index (χ3v) is 10.6. The maximum atomic E-state index is 12.6. The first-order valence-electron chi connectivity index (χ1n) is 21.6. The van der Waals surface area contributed by atoms with Crippen LogP contribution in [0.3, 0.4) is 0 Å². The molecule has 1 heterocycles. The van der Waals surface area contributed by atoms with Crippen LogP contribution in [0.15, 0.2) is 28.9 Å².